The summed E-state index contributed by atoms with van der Waals surface area (Å²) < 4.78 is 6.99. The first-order valence-electron chi connectivity index (χ1n) is 9.32. The summed E-state index contributed by atoms with van der Waals surface area (Å²) in [6.07, 6.45) is 3.07. The summed E-state index contributed by atoms with van der Waals surface area (Å²) in [6.45, 7) is 9.74. The Hall–Kier alpha value is -1.07. The third-order valence-electron chi connectivity index (χ3n) is 6.28. The van der Waals surface area contributed by atoms with Crippen molar-refractivity contribution in [3.63, 3.8) is 0 Å². The Morgan fingerprint density at radius 1 is 1.32 bits per heavy atom. The summed E-state index contributed by atoms with van der Waals surface area (Å²) in [5.41, 5.74) is 3.74. The quantitative estimate of drug-likeness (QED) is 0.799. The van der Waals surface area contributed by atoms with E-state index in [-0.39, 0.29) is 23.7 Å². The van der Waals surface area contributed by atoms with Crippen molar-refractivity contribution >= 4 is 22.0 Å². The number of nitrogens with zero attached hydrogens (tertiary/aromatic N) is 1. The summed E-state index contributed by atoms with van der Waals surface area (Å²) >= 11 is 3.62. The number of hydrogen-bond donors (Lipinski definition) is 1. The monoisotopic (exact) mass is 406 g/mol. The van der Waals surface area contributed by atoms with Gasteiger partial charge >= 0.3 is 6.09 Å². The third-order valence-corrected chi connectivity index (χ3v) is 7.13. The third kappa shape index (κ3) is 3.21. The molecule has 3 saturated heterocycles. The average molecular weight is 407 g/mol. The molecule has 1 amide bonds. The van der Waals surface area contributed by atoms with Crippen LogP contribution in [0, 0.1) is 18.3 Å². The Bertz CT molecular complexity index is 695. The zero-order valence-electron chi connectivity index (χ0n) is 15.3. The van der Waals surface area contributed by atoms with E-state index in [2.05, 4.69) is 59.1 Å². The molecule has 3 aliphatic heterocycles. The molecule has 0 saturated carbocycles. The molecule has 5 heteroatoms. The first-order chi connectivity index (χ1) is 11.8. The van der Waals surface area contributed by atoms with Crippen LogP contribution in [0.2, 0.25) is 0 Å². The summed E-state index contributed by atoms with van der Waals surface area (Å²) in [4.78, 5) is 15.0. The SMILES string of the molecule is Cc1cc2c(cc1Br)CC(C)(C)[C@H]2NC(=O)O[C@H]1CN2CCC1CC2. The molecule has 136 valence electrons. The van der Waals surface area contributed by atoms with Crippen LogP contribution < -0.4 is 5.32 Å². The molecule has 3 heterocycles. The second-order valence-corrected chi connectivity index (χ2v) is 9.48. The van der Waals surface area contributed by atoms with Gasteiger partial charge in [-0.3, -0.25) is 4.90 Å². The molecule has 5 rings (SSSR count). The second kappa shape index (κ2) is 6.27. The molecule has 0 unspecified atom stereocenters. The number of benzene rings is 1. The Kier molecular flexibility index (Phi) is 4.35. The van der Waals surface area contributed by atoms with Crippen LogP contribution in [-0.4, -0.2) is 36.7 Å². The Morgan fingerprint density at radius 2 is 2.04 bits per heavy atom. The van der Waals surface area contributed by atoms with E-state index in [4.69, 9.17) is 4.74 Å². The van der Waals surface area contributed by atoms with E-state index in [1.807, 2.05) is 0 Å². The fraction of sp³-hybridized carbons (Fsp3) is 0.650. The van der Waals surface area contributed by atoms with E-state index in [9.17, 15) is 4.79 Å². The van der Waals surface area contributed by atoms with Crippen LogP contribution in [0.1, 0.15) is 49.4 Å². The molecule has 2 bridgehead atoms. The minimum Gasteiger partial charge on any atom is -0.445 e. The molecule has 0 spiro atoms. The highest BCUT2D eigenvalue weighted by molar-refractivity contribution is 9.10. The normalized spacial score (nSPS) is 32.3. The number of fused-ring (bicyclic) bond motifs is 4. The number of ether oxygens (including phenoxy) is 1. The molecule has 3 fully saturated rings. The van der Waals surface area contributed by atoms with Crippen molar-refractivity contribution in [2.45, 2.75) is 52.2 Å². The topological polar surface area (TPSA) is 41.6 Å². The molecular weight excluding hydrogens is 380 g/mol. The van der Waals surface area contributed by atoms with Gasteiger partial charge in [0, 0.05) is 11.0 Å². The van der Waals surface area contributed by atoms with Gasteiger partial charge in [0.25, 0.3) is 0 Å². The van der Waals surface area contributed by atoms with E-state index >= 15 is 0 Å². The van der Waals surface area contributed by atoms with E-state index in [1.165, 1.54) is 16.7 Å². The molecule has 1 aromatic carbocycles. The lowest BCUT2D eigenvalue weighted by Gasteiger charge is -2.44. The molecule has 0 radical (unpaired) electrons. The van der Waals surface area contributed by atoms with Gasteiger partial charge in [0.1, 0.15) is 6.10 Å². The molecule has 25 heavy (non-hydrogen) atoms. The summed E-state index contributed by atoms with van der Waals surface area (Å²) in [5.74, 6) is 0.540. The smallest absolute Gasteiger partial charge is 0.407 e. The van der Waals surface area contributed by atoms with Crippen molar-refractivity contribution in [3.05, 3.63) is 33.3 Å². The highest BCUT2D eigenvalue weighted by atomic mass is 79.9. The minimum absolute atomic E-state index is 0.00267. The van der Waals surface area contributed by atoms with Crippen molar-refractivity contribution in [3.8, 4) is 0 Å². The number of piperidine rings is 3. The standard InChI is InChI=1S/C20H27BrN2O2/c1-12-8-15-14(9-16(12)21)10-20(2,3)18(15)22-19(24)25-17-11-23-6-4-13(17)5-7-23/h8-9,13,17-18H,4-7,10-11H2,1-3H3,(H,22,24)/t17-,18-/m0/s1. The Balaban J connectivity index is 1.48. The highest BCUT2D eigenvalue weighted by Gasteiger charge is 2.42. The van der Waals surface area contributed by atoms with Gasteiger partial charge in [-0.2, -0.15) is 0 Å². The number of rotatable bonds is 2. The number of nitrogens with one attached hydrogen (secondary N) is 1. The fourth-order valence-electron chi connectivity index (χ4n) is 4.79. The van der Waals surface area contributed by atoms with Crippen LogP contribution >= 0.6 is 15.9 Å². The number of carbonyl (C=O) groups excluding carboxylic acids is 1. The van der Waals surface area contributed by atoms with Crippen LogP contribution in [-0.2, 0) is 11.2 Å². The minimum atomic E-state index is -0.259. The van der Waals surface area contributed by atoms with Crippen LogP contribution in [0.25, 0.3) is 0 Å². The van der Waals surface area contributed by atoms with Crippen molar-refractivity contribution in [2.75, 3.05) is 19.6 Å². The molecule has 0 aromatic heterocycles. The lowest BCUT2D eigenvalue weighted by molar-refractivity contribution is -0.0348. The first-order valence-corrected chi connectivity index (χ1v) is 10.1. The zero-order valence-corrected chi connectivity index (χ0v) is 16.9. The van der Waals surface area contributed by atoms with E-state index in [0.717, 1.165) is 43.4 Å². The van der Waals surface area contributed by atoms with Gasteiger partial charge in [-0.15, -0.1) is 0 Å². The maximum atomic E-state index is 12.6. The van der Waals surface area contributed by atoms with Crippen molar-refractivity contribution in [1.82, 2.24) is 10.2 Å². The van der Waals surface area contributed by atoms with Gasteiger partial charge in [0.2, 0.25) is 0 Å². The largest absolute Gasteiger partial charge is 0.445 e. The summed E-state index contributed by atoms with van der Waals surface area (Å²) in [5, 5.41) is 3.18. The highest BCUT2D eigenvalue weighted by Crippen LogP contribution is 2.46. The van der Waals surface area contributed by atoms with Crippen molar-refractivity contribution in [2.24, 2.45) is 11.3 Å². The number of alkyl carbamates (subject to hydrolysis) is 1. The van der Waals surface area contributed by atoms with Crippen LogP contribution in [0.4, 0.5) is 4.79 Å². The number of aryl methyl sites for hydroxylation is 1. The molecule has 1 N–H and O–H groups in total. The Morgan fingerprint density at radius 3 is 2.68 bits per heavy atom. The molecule has 4 nitrogen and oxygen atoms in total. The molecule has 4 aliphatic rings. The lowest BCUT2D eigenvalue weighted by Crippen LogP contribution is -2.53. The van der Waals surface area contributed by atoms with E-state index in [1.54, 1.807) is 0 Å². The molecular formula is C20H27BrN2O2. The van der Waals surface area contributed by atoms with Crippen molar-refractivity contribution in [1.29, 1.82) is 0 Å². The molecule has 2 atom stereocenters. The van der Waals surface area contributed by atoms with Gasteiger partial charge < -0.3 is 10.1 Å². The number of hydrogen-bond acceptors (Lipinski definition) is 3. The Labute approximate surface area is 158 Å². The lowest BCUT2D eigenvalue weighted by atomic mass is 9.85. The van der Waals surface area contributed by atoms with Gasteiger partial charge in [0.05, 0.1) is 6.04 Å². The van der Waals surface area contributed by atoms with Crippen molar-refractivity contribution < 1.29 is 9.53 Å². The van der Waals surface area contributed by atoms with Crippen LogP contribution in [0.15, 0.2) is 16.6 Å². The summed E-state index contributed by atoms with van der Waals surface area (Å²) in [6, 6.07) is 4.41. The maximum Gasteiger partial charge on any atom is 0.407 e. The molecule has 1 aromatic rings. The predicted octanol–water partition coefficient (Wildman–Crippen LogP) is 4.20. The van der Waals surface area contributed by atoms with Gasteiger partial charge in [0.15, 0.2) is 0 Å². The van der Waals surface area contributed by atoms with Crippen LogP contribution in [0.5, 0.6) is 0 Å². The van der Waals surface area contributed by atoms with E-state index < -0.39 is 0 Å². The van der Waals surface area contributed by atoms with E-state index in [0.29, 0.717) is 5.92 Å². The first kappa shape index (κ1) is 17.3. The van der Waals surface area contributed by atoms with Gasteiger partial charge in [-0.25, -0.2) is 4.79 Å². The number of amides is 1. The van der Waals surface area contributed by atoms with Crippen LogP contribution in [0.3, 0.4) is 0 Å². The van der Waals surface area contributed by atoms with Gasteiger partial charge in [-0.05, 0) is 73.4 Å². The number of carbonyl (C=O) groups is 1. The maximum absolute atomic E-state index is 12.6. The zero-order chi connectivity index (χ0) is 17.8. The predicted molar refractivity (Wildman–Crippen MR) is 102 cm³/mol. The fourth-order valence-corrected chi connectivity index (χ4v) is 5.18. The summed E-state index contributed by atoms with van der Waals surface area (Å²) in [7, 11) is 0. The average Bonchev–Trinajstić information content (AvgIpc) is 2.79. The second-order valence-electron chi connectivity index (χ2n) is 8.62. The van der Waals surface area contributed by atoms with Gasteiger partial charge in [-0.1, -0.05) is 35.8 Å². The molecule has 1 aliphatic carbocycles. The number of halogens is 1.